The molecule has 6 heteroatoms. The maximum atomic E-state index is 12.4. The van der Waals surface area contributed by atoms with E-state index in [1.807, 2.05) is 14.0 Å². The van der Waals surface area contributed by atoms with Crippen LogP contribution in [0.3, 0.4) is 0 Å². The van der Waals surface area contributed by atoms with Gasteiger partial charge in [-0.2, -0.15) is 0 Å². The molecule has 0 spiro atoms. The maximum Gasteiger partial charge on any atom is 0.241 e. The Morgan fingerprint density at radius 1 is 1.20 bits per heavy atom. The number of ether oxygens (including phenoxy) is 1. The van der Waals surface area contributed by atoms with Crippen LogP contribution in [0.2, 0.25) is 0 Å². The average Bonchev–Trinajstić information content (AvgIpc) is 2.35. The van der Waals surface area contributed by atoms with Gasteiger partial charge in [0, 0.05) is 6.54 Å². The van der Waals surface area contributed by atoms with E-state index in [0.717, 1.165) is 6.54 Å². The van der Waals surface area contributed by atoms with E-state index in [2.05, 4.69) is 10.0 Å². The molecule has 1 atom stereocenters. The summed E-state index contributed by atoms with van der Waals surface area (Å²) in [7, 11) is -0.0738. The van der Waals surface area contributed by atoms with Gasteiger partial charge < -0.3 is 10.1 Å². The summed E-state index contributed by atoms with van der Waals surface area (Å²) in [6, 6.07) is 3.47. The first-order valence-corrected chi connectivity index (χ1v) is 8.09. The Balaban J connectivity index is 2.98. The second kappa shape index (κ2) is 7.06. The molecule has 0 heterocycles. The Morgan fingerprint density at radius 3 is 2.20 bits per heavy atom. The van der Waals surface area contributed by atoms with Gasteiger partial charge in [-0.1, -0.05) is 6.92 Å². The van der Waals surface area contributed by atoms with Gasteiger partial charge in [0.2, 0.25) is 10.0 Å². The predicted octanol–water partition coefficient (Wildman–Crippen LogP) is 1.45. The van der Waals surface area contributed by atoms with Crippen LogP contribution in [0.1, 0.15) is 18.1 Å². The Morgan fingerprint density at radius 2 is 1.75 bits per heavy atom. The van der Waals surface area contributed by atoms with Crippen LogP contribution in [0.25, 0.3) is 0 Å². The Labute approximate surface area is 121 Å². The lowest BCUT2D eigenvalue weighted by Crippen LogP contribution is -2.33. The smallest absolute Gasteiger partial charge is 0.241 e. The summed E-state index contributed by atoms with van der Waals surface area (Å²) >= 11 is 0. The van der Waals surface area contributed by atoms with Crippen molar-refractivity contribution in [1.29, 1.82) is 0 Å². The number of hydrogen-bond acceptors (Lipinski definition) is 4. The lowest BCUT2D eigenvalue weighted by Gasteiger charge is -2.16. The molecule has 1 rings (SSSR count). The van der Waals surface area contributed by atoms with Crippen molar-refractivity contribution in [2.75, 3.05) is 27.2 Å². The van der Waals surface area contributed by atoms with Gasteiger partial charge in [-0.3, -0.25) is 0 Å². The van der Waals surface area contributed by atoms with Crippen LogP contribution in [-0.2, 0) is 10.0 Å². The van der Waals surface area contributed by atoms with E-state index in [4.69, 9.17) is 4.74 Å². The van der Waals surface area contributed by atoms with Crippen molar-refractivity contribution in [3.8, 4) is 5.75 Å². The Hall–Kier alpha value is -1.11. The van der Waals surface area contributed by atoms with Gasteiger partial charge in [0.05, 0.1) is 12.0 Å². The molecule has 0 aliphatic heterocycles. The molecule has 5 nitrogen and oxygen atoms in total. The average molecular weight is 300 g/mol. The fourth-order valence-corrected chi connectivity index (χ4v) is 3.81. The highest BCUT2D eigenvalue weighted by molar-refractivity contribution is 7.89. The van der Waals surface area contributed by atoms with Crippen LogP contribution in [0.5, 0.6) is 5.75 Å². The fourth-order valence-electron chi connectivity index (χ4n) is 2.20. The highest BCUT2D eigenvalue weighted by Crippen LogP contribution is 2.25. The van der Waals surface area contributed by atoms with E-state index in [9.17, 15) is 8.42 Å². The third-order valence-electron chi connectivity index (χ3n) is 3.11. The van der Waals surface area contributed by atoms with E-state index in [1.165, 1.54) is 0 Å². The van der Waals surface area contributed by atoms with Gasteiger partial charge in [-0.25, -0.2) is 13.1 Å². The SMILES string of the molecule is CNCC(C)CNS(=O)(=O)c1c(C)cc(OC)cc1C. The monoisotopic (exact) mass is 300 g/mol. The van der Waals surface area contributed by atoms with Gasteiger partial charge in [0.15, 0.2) is 0 Å². The molecule has 0 aliphatic carbocycles. The minimum atomic E-state index is -3.49. The second-order valence-electron chi connectivity index (χ2n) is 5.11. The largest absolute Gasteiger partial charge is 0.497 e. The van der Waals surface area contributed by atoms with Crippen LogP contribution >= 0.6 is 0 Å². The molecule has 2 N–H and O–H groups in total. The highest BCUT2D eigenvalue weighted by Gasteiger charge is 2.20. The zero-order chi connectivity index (χ0) is 15.3. The first-order chi connectivity index (χ1) is 9.31. The second-order valence-corrected chi connectivity index (χ2v) is 6.81. The van der Waals surface area contributed by atoms with Crippen LogP contribution < -0.4 is 14.8 Å². The van der Waals surface area contributed by atoms with Crippen molar-refractivity contribution in [2.45, 2.75) is 25.7 Å². The van der Waals surface area contributed by atoms with E-state index >= 15 is 0 Å². The molecule has 114 valence electrons. The van der Waals surface area contributed by atoms with Gasteiger partial charge in [-0.15, -0.1) is 0 Å². The van der Waals surface area contributed by atoms with Crippen molar-refractivity contribution in [1.82, 2.24) is 10.0 Å². The molecule has 0 radical (unpaired) electrons. The molecule has 0 aliphatic rings. The zero-order valence-electron chi connectivity index (χ0n) is 12.8. The van der Waals surface area contributed by atoms with Crippen molar-refractivity contribution >= 4 is 10.0 Å². The van der Waals surface area contributed by atoms with E-state index < -0.39 is 10.0 Å². The standard InChI is InChI=1S/C14H24N2O3S/c1-10(8-15-4)9-16-20(17,18)14-11(2)6-13(19-5)7-12(14)3/h6-7,10,15-16H,8-9H2,1-5H3. The van der Waals surface area contributed by atoms with Gasteiger partial charge in [0.25, 0.3) is 0 Å². The third-order valence-corrected chi connectivity index (χ3v) is 4.84. The summed E-state index contributed by atoms with van der Waals surface area (Å²) in [6.45, 7) is 6.73. The Bertz CT molecular complexity index is 533. The lowest BCUT2D eigenvalue weighted by molar-refractivity contribution is 0.413. The first kappa shape index (κ1) is 16.9. The number of sulfonamides is 1. The molecule has 1 aromatic carbocycles. The number of rotatable bonds is 7. The molecule has 1 unspecified atom stereocenters. The van der Waals surface area contributed by atoms with Crippen LogP contribution in [0.15, 0.2) is 17.0 Å². The summed E-state index contributed by atoms with van der Waals surface area (Å²) in [5.74, 6) is 0.899. The quantitative estimate of drug-likeness (QED) is 0.800. The summed E-state index contributed by atoms with van der Waals surface area (Å²) < 4.78 is 32.6. The third kappa shape index (κ3) is 4.19. The molecule has 0 fully saturated rings. The summed E-state index contributed by atoms with van der Waals surface area (Å²) in [6.07, 6.45) is 0. The van der Waals surface area contributed by atoms with Crippen molar-refractivity contribution in [3.63, 3.8) is 0 Å². The van der Waals surface area contributed by atoms with Crippen molar-refractivity contribution in [3.05, 3.63) is 23.3 Å². The number of benzene rings is 1. The summed E-state index contributed by atoms with van der Waals surface area (Å²) in [5.41, 5.74) is 1.38. The topological polar surface area (TPSA) is 67.4 Å². The van der Waals surface area contributed by atoms with Crippen LogP contribution in [-0.4, -0.2) is 35.7 Å². The molecule has 20 heavy (non-hydrogen) atoms. The molecule has 0 saturated carbocycles. The molecule has 0 aromatic heterocycles. The van der Waals surface area contributed by atoms with E-state index in [0.29, 0.717) is 28.3 Å². The minimum absolute atomic E-state index is 0.230. The van der Waals surface area contributed by atoms with E-state index in [1.54, 1.807) is 33.1 Å². The molecule has 1 aromatic rings. The van der Waals surface area contributed by atoms with Crippen molar-refractivity contribution < 1.29 is 13.2 Å². The lowest BCUT2D eigenvalue weighted by atomic mass is 10.1. The van der Waals surface area contributed by atoms with Gasteiger partial charge in [0.1, 0.15) is 5.75 Å². The molecule has 0 bridgehead atoms. The highest BCUT2D eigenvalue weighted by atomic mass is 32.2. The first-order valence-electron chi connectivity index (χ1n) is 6.61. The van der Waals surface area contributed by atoms with Crippen molar-refractivity contribution in [2.24, 2.45) is 5.92 Å². The normalized spacial score (nSPS) is 13.2. The maximum absolute atomic E-state index is 12.4. The number of aryl methyl sites for hydroxylation is 2. The number of methoxy groups -OCH3 is 1. The fraction of sp³-hybridized carbons (Fsp3) is 0.571. The summed E-state index contributed by atoms with van der Waals surface area (Å²) in [5, 5.41) is 3.03. The van der Waals surface area contributed by atoms with E-state index in [-0.39, 0.29) is 5.92 Å². The predicted molar refractivity (Wildman–Crippen MR) is 80.7 cm³/mol. The number of nitrogens with one attached hydrogen (secondary N) is 2. The van der Waals surface area contributed by atoms with Crippen LogP contribution in [0, 0.1) is 19.8 Å². The zero-order valence-corrected chi connectivity index (χ0v) is 13.6. The van der Waals surface area contributed by atoms with Gasteiger partial charge >= 0.3 is 0 Å². The molecule has 0 amide bonds. The molecular weight excluding hydrogens is 276 g/mol. The van der Waals surface area contributed by atoms with Gasteiger partial charge in [-0.05, 0) is 56.6 Å². The molecular formula is C14H24N2O3S. The van der Waals surface area contributed by atoms with Crippen LogP contribution in [0.4, 0.5) is 0 Å². The summed E-state index contributed by atoms with van der Waals surface area (Å²) in [4.78, 5) is 0.343. The Kier molecular flexibility index (Phi) is 5.98. The molecule has 0 saturated heterocycles. The number of hydrogen-bond donors (Lipinski definition) is 2. The minimum Gasteiger partial charge on any atom is -0.497 e.